The fourth-order valence-corrected chi connectivity index (χ4v) is 2.27. The molecule has 0 spiro atoms. The number of hydrogen-bond acceptors (Lipinski definition) is 5. The Morgan fingerprint density at radius 1 is 1.12 bits per heavy atom. The lowest BCUT2D eigenvalue weighted by Gasteiger charge is -2.05. The second kappa shape index (κ2) is 7.61. The van der Waals surface area contributed by atoms with E-state index < -0.39 is 0 Å². The van der Waals surface area contributed by atoms with E-state index in [-0.39, 0.29) is 12.5 Å². The first-order chi connectivity index (χ1) is 12.2. The Kier molecular flexibility index (Phi) is 5.09. The molecule has 1 N–H and O–H groups in total. The van der Waals surface area contributed by atoms with Crippen LogP contribution in [0.1, 0.15) is 28.7 Å². The summed E-state index contributed by atoms with van der Waals surface area (Å²) in [7, 11) is 0. The molecule has 1 heterocycles. The van der Waals surface area contributed by atoms with E-state index in [1.807, 2.05) is 38.1 Å². The number of nitrogens with one attached hydrogen (secondary N) is 1. The van der Waals surface area contributed by atoms with Gasteiger partial charge in [0.25, 0.3) is 5.91 Å². The smallest absolute Gasteiger partial charge is 0.251 e. The van der Waals surface area contributed by atoms with Crippen molar-refractivity contribution in [2.24, 2.45) is 0 Å². The van der Waals surface area contributed by atoms with E-state index in [1.54, 1.807) is 24.3 Å². The molecular weight excluding hydrogens is 318 g/mol. The molecule has 1 aromatic heterocycles. The summed E-state index contributed by atoms with van der Waals surface area (Å²) in [6.45, 7) is 4.69. The van der Waals surface area contributed by atoms with Crippen LogP contribution < -0.4 is 10.1 Å². The second-order valence-electron chi connectivity index (χ2n) is 5.52. The van der Waals surface area contributed by atoms with Gasteiger partial charge in [-0.1, -0.05) is 35.0 Å². The average molecular weight is 337 g/mol. The quantitative estimate of drug-likeness (QED) is 0.746. The number of ether oxygens (including phenoxy) is 1. The van der Waals surface area contributed by atoms with Gasteiger partial charge in [0.1, 0.15) is 5.75 Å². The number of aromatic nitrogens is 2. The van der Waals surface area contributed by atoms with Gasteiger partial charge in [-0.05, 0) is 38.1 Å². The number of amides is 1. The number of nitrogens with zero attached hydrogens (tertiary/aromatic N) is 2. The van der Waals surface area contributed by atoms with E-state index in [9.17, 15) is 4.79 Å². The molecule has 128 valence electrons. The molecule has 1 amide bonds. The van der Waals surface area contributed by atoms with E-state index in [0.717, 1.165) is 16.9 Å². The van der Waals surface area contributed by atoms with Crippen LogP contribution in [0.4, 0.5) is 0 Å². The highest BCUT2D eigenvalue weighted by atomic mass is 16.5. The Balaban J connectivity index is 1.60. The van der Waals surface area contributed by atoms with Gasteiger partial charge in [0.15, 0.2) is 0 Å². The molecule has 3 aromatic rings. The van der Waals surface area contributed by atoms with Gasteiger partial charge in [-0.3, -0.25) is 4.79 Å². The van der Waals surface area contributed by atoms with E-state index >= 15 is 0 Å². The van der Waals surface area contributed by atoms with Crippen molar-refractivity contribution in [1.29, 1.82) is 0 Å². The normalized spacial score (nSPS) is 10.5. The standard InChI is InChI=1S/C19H19N3O3/c1-3-24-16-10-8-15(9-11-16)19(23)20-12-17-21-18(22-25-17)14-6-4-13(2)5-7-14/h4-11H,3,12H2,1-2H3,(H,20,23). The van der Waals surface area contributed by atoms with Crippen molar-refractivity contribution in [2.75, 3.05) is 6.61 Å². The lowest BCUT2D eigenvalue weighted by molar-refractivity contribution is 0.0946. The highest BCUT2D eigenvalue weighted by Gasteiger charge is 2.11. The molecule has 0 saturated heterocycles. The summed E-state index contributed by atoms with van der Waals surface area (Å²) in [4.78, 5) is 16.5. The van der Waals surface area contributed by atoms with Crippen LogP contribution in [0, 0.1) is 6.92 Å². The van der Waals surface area contributed by atoms with Gasteiger partial charge in [0.05, 0.1) is 13.2 Å². The molecule has 2 aromatic carbocycles. The third kappa shape index (κ3) is 4.23. The molecule has 3 rings (SSSR count). The van der Waals surface area contributed by atoms with Crippen molar-refractivity contribution in [3.63, 3.8) is 0 Å². The van der Waals surface area contributed by atoms with Crippen LogP contribution in [0.15, 0.2) is 53.1 Å². The first kappa shape index (κ1) is 16.7. The van der Waals surface area contributed by atoms with Crippen molar-refractivity contribution in [3.05, 3.63) is 65.5 Å². The van der Waals surface area contributed by atoms with Gasteiger partial charge in [0, 0.05) is 11.1 Å². The Labute approximate surface area is 145 Å². The zero-order chi connectivity index (χ0) is 17.6. The lowest BCUT2D eigenvalue weighted by atomic mass is 10.1. The van der Waals surface area contributed by atoms with Gasteiger partial charge in [-0.2, -0.15) is 4.98 Å². The van der Waals surface area contributed by atoms with Gasteiger partial charge < -0.3 is 14.6 Å². The van der Waals surface area contributed by atoms with Gasteiger partial charge in [0.2, 0.25) is 11.7 Å². The predicted molar refractivity (Wildman–Crippen MR) is 93.3 cm³/mol. The zero-order valence-electron chi connectivity index (χ0n) is 14.2. The number of benzene rings is 2. The van der Waals surface area contributed by atoms with E-state index in [4.69, 9.17) is 9.26 Å². The molecular formula is C19H19N3O3. The fourth-order valence-electron chi connectivity index (χ4n) is 2.27. The van der Waals surface area contributed by atoms with Crippen LogP contribution in [0.2, 0.25) is 0 Å². The first-order valence-electron chi connectivity index (χ1n) is 8.06. The molecule has 0 unspecified atom stereocenters. The maximum absolute atomic E-state index is 12.2. The second-order valence-corrected chi connectivity index (χ2v) is 5.52. The van der Waals surface area contributed by atoms with Crippen molar-refractivity contribution in [1.82, 2.24) is 15.5 Å². The first-order valence-corrected chi connectivity index (χ1v) is 8.06. The van der Waals surface area contributed by atoms with Crippen LogP contribution in [-0.4, -0.2) is 22.7 Å². The third-order valence-corrected chi connectivity index (χ3v) is 3.61. The topological polar surface area (TPSA) is 77.2 Å². The van der Waals surface area contributed by atoms with Gasteiger partial charge in [-0.15, -0.1) is 0 Å². The van der Waals surface area contributed by atoms with Crippen LogP contribution in [0.5, 0.6) is 5.75 Å². The number of rotatable bonds is 6. The lowest BCUT2D eigenvalue weighted by Crippen LogP contribution is -2.22. The number of hydrogen-bond donors (Lipinski definition) is 1. The Morgan fingerprint density at radius 3 is 2.52 bits per heavy atom. The van der Waals surface area contributed by atoms with Crippen molar-refractivity contribution >= 4 is 5.91 Å². The van der Waals surface area contributed by atoms with Crippen LogP contribution in [0.25, 0.3) is 11.4 Å². The Hall–Kier alpha value is -3.15. The molecule has 0 aliphatic heterocycles. The van der Waals surface area contributed by atoms with Crippen molar-refractivity contribution in [3.8, 4) is 17.1 Å². The maximum Gasteiger partial charge on any atom is 0.251 e. The largest absolute Gasteiger partial charge is 0.494 e. The summed E-state index contributed by atoms with van der Waals surface area (Å²) in [6, 6.07) is 14.8. The molecule has 0 saturated carbocycles. The molecule has 0 aliphatic rings. The summed E-state index contributed by atoms with van der Waals surface area (Å²) >= 11 is 0. The number of aryl methyl sites for hydroxylation is 1. The number of carbonyl (C=O) groups excluding carboxylic acids is 1. The highest BCUT2D eigenvalue weighted by Crippen LogP contribution is 2.16. The minimum absolute atomic E-state index is 0.172. The maximum atomic E-state index is 12.2. The molecule has 0 aliphatic carbocycles. The monoisotopic (exact) mass is 337 g/mol. The summed E-state index contributed by atoms with van der Waals surface area (Å²) in [6.07, 6.45) is 0. The SMILES string of the molecule is CCOc1ccc(C(=O)NCc2nc(-c3ccc(C)cc3)no2)cc1. The Bertz CT molecular complexity index is 839. The van der Waals surface area contributed by atoms with Crippen molar-refractivity contribution < 1.29 is 14.1 Å². The van der Waals surface area contributed by atoms with Crippen molar-refractivity contribution in [2.45, 2.75) is 20.4 Å². The summed E-state index contributed by atoms with van der Waals surface area (Å²) in [5, 5.41) is 6.71. The number of carbonyl (C=O) groups is 1. The molecule has 25 heavy (non-hydrogen) atoms. The highest BCUT2D eigenvalue weighted by molar-refractivity contribution is 5.94. The summed E-state index contributed by atoms with van der Waals surface area (Å²) in [5.41, 5.74) is 2.58. The summed E-state index contributed by atoms with van der Waals surface area (Å²) in [5.74, 6) is 1.39. The third-order valence-electron chi connectivity index (χ3n) is 3.61. The molecule has 0 fully saturated rings. The van der Waals surface area contributed by atoms with Crippen LogP contribution in [0.3, 0.4) is 0 Å². The molecule has 0 radical (unpaired) electrons. The fraction of sp³-hybridized carbons (Fsp3) is 0.211. The average Bonchev–Trinajstić information content (AvgIpc) is 3.10. The van der Waals surface area contributed by atoms with Gasteiger partial charge >= 0.3 is 0 Å². The minimum Gasteiger partial charge on any atom is -0.494 e. The molecule has 6 nitrogen and oxygen atoms in total. The van der Waals surface area contributed by atoms with Crippen LogP contribution >= 0.6 is 0 Å². The van der Waals surface area contributed by atoms with E-state index in [2.05, 4.69) is 15.5 Å². The minimum atomic E-state index is -0.210. The van der Waals surface area contributed by atoms with Gasteiger partial charge in [-0.25, -0.2) is 0 Å². The molecule has 0 atom stereocenters. The Morgan fingerprint density at radius 2 is 1.84 bits per heavy atom. The predicted octanol–water partition coefficient (Wildman–Crippen LogP) is 3.37. The van der Waals surface area contributed by atoms with Crippen LogP contribution in [-0.2, 0) is 6.54 Å². The molecule has 0 bridgehead atoms. The van der Waals surface area contributed by atoms with E-state index in [1.165, 1.54) is 0 Å². The summed E-state index contributed by atoms with van der Waals surface area (Å²) < 4.78 is 10.5. The van der Waals surface area contributed by atoms with E-state index in [0.29, 0.717) is 23.9 Å². The zero-order valence-corrected chi connectivity index (χ0v) is 14.2. The molecule has 6 heteroatoms.